The quantitative estimate of drug-likeness (QED) is 0.00674. The zero-order chi connectivity index (χ0) is 78.7. The molecule has 0 radical (unpaired) electrons. The Morgan fingerprint density at radius 3 is 2.19 bits per heavy atom. The van der Waals surface area contributed by atoms with Crippen LogP contribution < -0.4 is 46.8 Å². The third-order valence-electron chi connectivity index (χ3n) is 20.7. The molecule has 4 bridgehead atoms. The number of allylic oxidation sites excluding steroid dienone is 2. The first-order valence-electron chi connectivity index (χ1n) is 37.1. The number of aromatic hydroxyl groups is 1. The number of nitrogens with two attached hydrogens (primary N) is 1. The number of ketones is 2. The van der Waals surface area contributed by atoms with E-state index in [1.54, 1.807) is 84.0 Å². The number of benzene rings is 4. The van der Waals surface area contributed by atoms with Crippen LogP contribution in [0.25, 0.3) is 33.0 Å². The van der Waals surface area contributed by atoms with E-state index in [-0.39, 0.29) is 130 Å². The van der Waals surface area contributed by atoms with Gasteiger partial charge in [-0.1, -0.05) is 92.2 Å². The van der Waals surface area contributed by atoms with E-state index in [0.29, 0.717) is 61.6 Å². The normalized spacial score (nSPS) is 24.0. The summed E-state index contributed by atoms with van der Waals surface area (Å²) in [5.74, 6) is -10.7. The molecule has 582 valence electrons. The number of aliphatic hydroxyl groups excluding tert-OH is 2. The molecular formula is C80H103N9O19. The van der Waals surface area contributed by atoms with Gasteiger partial charge in [0.1, 0.15) is 35.2 Å². The van der Waals surface area contributed by atoms with Gasteiger partial charge < -0.3 is 75.3 Å². The van der Waals surface area contributed by atoms with Crippen LogP contribution in [0.15, 0.2) is 93.9 Å². The van der Waals surface area contributed by atoms with E-state index in [9.17, 15) is 53.7 Å². The van der Waals surface area contributed by atoms with E-state index in [0.717, 1.165) is 24.5 Å². The number of amides is 7. The van der Waals surface area contributed by atoms with Crippen LogP contribution in [-0.2, 0) is 54.4 Å². The first-order chi connectivity index (χ1) is 51.2. The molecule has 28 nitrogen and oxygen atoms in total. The lowest BCUT2D eigenvalue weighted by atomic mass is 9.78. The summed E-state index contributed by atoms with van der Waals surface area (Å²) in [6, 6.07) is 8.69. The number of carbonyl (C=O) groups is 9. The number of methoxy groups -OCH3 is 1. The number of urea groups is 1. The molecule has 1 aromatic heterocycles. The Balaban J connectivity index is 1.07. The van der Waals surface area contributed by atoms with E-state index in [1.165, 1.54) is 65.4 Å². The summed E-state index contributed by atoms with van der Waals surface area (Å²) >= 11 is 0. The van der Waals surface area contributed by atoms with Crippen molar-refractivity contribution in [2.75, 3.05) is 68.5 Å². The fraction of sp³-hybridized carbons (Fsp3) is 0.512. The average Bonchev–Trinajstić information content (AvgIpc) is 1.23. The number of aliphatic hydroxyl groups is 2. The molecule has 7 amide bonds. The number of phenols is 1. The molecule has 0 spiro atoms. The number of hydrogen-bond acceptors (Lipinski definition) is 22. The molecule has 5 heterocycles. The third kappa shape index (κ3) is 19.1. The second-order valence-electron chi connectivity index (χ2n) is 29.7. The van der Waals surface area contributed by atoms with Gasteiger partial charge in [-0.15, -0.1) is 0 Å². The Bertz CT molecular complexity index is 4400. The lowest BCUT2D eigenvalue weighted by Gasteiger charge is -2.38. The van der Waals surface area contributed by atoms with Crippen molar-refractivity contribution in [3.8, 4) is 17.2 Å². The summed E-state index contributed by atoms with van der Waals surface area (Å²) in [4.78, 5) is 146. The van der Waals surface area contributed by atoms with Gasteiger partial charge in [0.05, 0.1) is 41.6 Å². The highest BCUT2D eigenvalue weighted by Crippen LogP contribution is 2.49. The van der Waals surface area contributed by atoms with Crippen LogP contribution in [0, 0.1) is 48.3 Å². The van der Waals surface area contributed by atoms with E-state index >= 15 is 9.59 Å². The molecule has 11 atom stereocenters. The van der Waals surface area contributed by atoms with Crippen molar-refractivity contribution in [3.05, 3.63) is 112 Å². The van der Waals surface area contributed by atoms with Crippen molar-refractivity contribution in [1.82, 2.24) is 25.4 Å². The monoisotopic (exact) mass is 1490 g/mol. The molecular weight excluding hydrogens is 1390 g/mol. The Morgan fingerprint density at radius 2 is 1.55 bits per heavy atom. The number of hydrogen-bond donors (Lipinski definition) is 8. The highest BCUT2D eigenvalue weighted by Gasteiger charge is 2.50. The van der Waals surface area contributed by atoms with Crippen LogP contribution in [0.2, 0.25) is 0 Å². The molecule has 1 saturated heterocycles. The molecule has 0 aliphatic carbocycles. The Kier molecular flexibility index (Phi) is 27.2. The molecule has 4 aromatic carbocycles. The average molecular weight is 1490 g/mol. The number of fused-ring (bicyclic) bond motifs is 2. The number of piperazine rings is 1. The van der Waals surface area contributed by atoms with E-state index in [2.05, 4.69) is 44.9 Å². The number of anilines is 3. The van der Waals surface area contributed by atoms with Crippen molar-refractivity contribution in [2.24, 2.45) is 47.2 Å². The zero-order valence-corrected chi connectivity index (χ0v) is 63.8. The van der Waals surface area contributed by atoms with Crippen LogP contribution in [-0.4, -0.2) is 172 Å². The molecule has 5 aromatic rings. The Hall–Kier alpha value is -10.0. The lowest BCUT2D eigenvalue weighted by molar-refractivity contribution is -0.160. The van der Waals surface area contributed by atoms with E-state index in [1.807, 2.05) is 6.07 Å². The number of carbonyl (C=O) groups excluding carboxylic acids is 9. The molecule has 108 heavy (non-hydrogen) atoms. The number of unbranched alkanes of at least 4 members (excludes halogenated alkanes) is 2. The Labute approximate surface area is 627 Å². The van der Waals surface area contributed by atoms with Gasteiger partial charge in [-0.05, 0) is 75.1 Å². The first kappa shape index (κ1) is 82.0. The van der Waals surface area contributed by atoms with E-state index in [4.69, 9.17) is 38.8 Å². The number of nitrogens with zero attached hydrogens (tertiary/aromatic N) is 4. The number of aromatic nitrogens is 1. The number of nitrogens with one attached hydrogen (secondary N) is 4. The standard InChI is InChI=1S/C80H103N9O19/c1-42(2)40-87-32-34-88(35-33-87)54-38-57(104-41-51-23-25-53(26-24-51)83-78(101)52(21-18-30-82-79(81)102)37-55(91)65(43(3)4)84-59(92)22-15-14-16-31-89-60(93)27-28-61(89)94)66-58(39-54)107-75-67(85-66)62-63-71(97)49(10)74-64(62)76(99)80(12,108-74)105-36-29-56(103-13)46(7)73(106-50(11)90)48(9)70(96)47(8)69(95)44(5)19-17-20-45(6)77(100)86-68(75)72(63)98/h17,19-20,23-29,36,38-39,42-44,46-48,52,56,65,69-70,73,95-96,98H,14-16,18,21-22,30-35,37,40-41H2,1-13H3,(H,83,101)(H,84,92)(H,86,100)(H3,81,82,102)/b19-17+,36-29+,45-20-/t44-,46+,47+,48+,52+,56-,65-,69-,70+,73+,80-/m0/s1. The van der Waals surface area contributed by atoms with Gasteiger partial charge in [-0.2, -0.15) is 0 Å². The Morgan fingerprint density at radius 1 is 0.852 bits per heavy atom. The SMILES string of the molecule is CO[C@H]1/C=C/O[C@@]2(C)Oc3c(C)c(=O)c4c(O)c(c5oc6cc(N7CCN(CC(C)C)CC7)cc(OCc7ccc(NC(=O)[C@H](CCCNC(N)=O)CC(=O)[C@@H](NC(=O)CCCCCN8C(=O)C=CC8=O)C(C)C)cc7)c6nc5c4c3C2=O)NC(=O)/C(C)=C\C=C\[C@H](C)[C@H](O)[C@@H](C)[C@@H](O)[C@@H](C)[C@H](OC(C)=O)[C@@H]1C. The maximum Gasteiger partial charge on any atom is 0.312 e. The number of primary amides is 1. The second-order valence-corrected chi connectivity index (χ2v) is 29.7. The summed E-state index contributed by atoms with van der Waals surface area (Å²) in [6.07, 6.45) is 7.46. The second kappa shape index (κ2) is 35.8. The van der Waals surface area contributed by atoms with Gasteiger partial charge in [0.15, 0.2) is 33.9 Å². The number of rotatable bonds is 25. The van der Waals surface area contributed by atoms with Gasteiger partial charge >= 0.3 is 17.8 Å². The number of esters is 1. The van der Waals surface area contributed by atoms with Crippen LogP contribution in [0.4, 0.5) is 21.9 Å². The molecule has 0 unspecified atom stereocenters. The summed E-state index contributed by atoms with van der Waals surface area (Å²) in [5.41, 5.74) is 5.50. The van der Waals surface area contributed by atoms with Crippen molar-refractivity contribution in [2.45, 2.75) is 171 Å². The van der Waals surface area contributed by atoms with Gasteiger partial charge in [0.25, 0.3) is 23.5 Å². The van der Waals surface area contributed by atoms with Crippen LogP contribution in [0.1, 0.15) is 143 Å². The van der Waals surface area contributed by atoms with Crippen LogP contribution in [0.5, 0.6) is 17.2 Å². The number of imide groups is 1. The largest absolute Gasteiger partial charge is 0.505 e. The molecule has 0 saturated carbocycles. The molecule has 9 N–H and O–H groups in total. The van der Waals surface area contributed by atoms with Crippen LogP contribution >= 0.6 is 0 Å². The first-order valence-corrected chi connectivity index (χ1v) is 37.1. The summed E-state index contributed by atoms with van der Waals surface area (Å²) in [7, 11) is 1.42. The fourth-order valence-electron chi connectivity index (χ4n) is 14.5. The topological polar surface area (TPSA) is 387 Å². The smallest absolute Gasteiger partial charge is 0.312 e. The number of phenolic OH excluding ortho intramolecular Hbond substituents is 1. The third-order valence-corrected chi connectivity index (χ3v) is 20.7. The summed E-state index contributed by atoms with van der Waals surface area (Å²) < 4.78 is 38.1. The number of Topliss-reactive ketones (excluding diaryl/α,β-unsaturated/α-hetero) is 2. The fourth-order valence-corrected chi connectivity index (χ4v) is 14.5. The minimum atomic E-state index is -2.19. The highest BCUT2D eigenvalue weighted by molar-refractivity contribution is 6.26. The van der Waals surface area contributed by atoms with Crippen LogP contribution in [0.3, 0.4) is 0 Å². The molecule has 4 aliphatic heterocycles. The van der Waals surface area contributed by atoms with E-state index < -0.39 is 112 Å². The minimum Gasteiger partial charge on any atom is -0.505 e. The van der Waals surface area contributed by atoms with Crippen molar-refractivity contribution in [3.63, 3.8) is 0 Å². The lowest BCUT2D eigenvalue weighted by Crippen LogP contribution is -2.47. The van der Waals surface area contributed by atoms with Gasteiger partial charge in [-0.25, -0.2) is 9.78 Å². The zero-order valence-electron chi connectivity index (χ0n) is 63.8. The highest BCUT2D eigenvalue weighted by atomic mass is 16.7. The maximum absolute atomic E-state index is 15.4. The maximum atomic E-state index is 15.4. The molecule has 4 aliphatic rings. The van der Waals surface area contributed by atoms with Gasteiger partial charge in [-0.3, -0.25) is 53.0 Å². The summed E-state index contributed by atoms with van der Waals surface area (Å²) in [5, 5.41) is 46.7. The van der Waals surface area contributed by atoms with Gasteiger partial charge in [0.2, 0.25) is 11.8 Å². The summed E-state index contributed by atoms with van der Waals surface area (Å²) in [6.45, 7) is 24.1. The van der Waals surface area contributed by atoms with Crippen molar-refractivity contribution >= 4 is 103 Å². The number of ether oxygens (including phenoxy) is 5. The minimum absolute atomic E-state index is 0.0898. The predicted octanol–water partition coefficient (Wildman–Crippen LogP) is 8.94. The molecule has 1 fully saturated rings. The predicted molar refractivity (Wildman–Crippen MR) is 406 cm³/mol. The van der Waals surface area contributed by atoms with Crippen molar-refractivity contribution in [1.29, 1.82) is 0 Å². The van der Waals surface area contributed by atoms with Crippen molar-refractivity contribution < 1.29 is 86.6 Å². The molecule has 28 heteroatoms. The van der Waals surface area contributed by atoms with Gasteiger partial charge in [0, 0.05) is 161 Å². The molecule has 9 rings (SSSR count).